The van der Waals surface area contributed by atoms with Gasteiger partial charge in [0.15, 0.2) is 0 Å². The third-order valence-corrected chi connectivity index (χ3v) is 3.28. The number of rotatable bonds is 1. The molecule has 5 heteroatoms. The lowest BCUT2D eigenvalue weighted by atomic mass is 10.0. The van der Waals surface area contributed by atoms with Gasteiger partial charge in [-0.05, 0) is 25.1 Å². The molecule has 1 amide bonds. The molecule has 1 heterocycles. The van der Waals surface area contributed by atoms with Gasteiger partial charge in [0.05, 0.1) is 11.4 Å². The molecule has 1 atom stereocenters. The lowest BCUT2D eigenvalue weighted by molar-refractivity contribution is -0.122. The maximum atomic E-state index is 12.3. The van der Waals surface area contributed by atoms with Gasteiger partial charge in [-0.1, -0.05) is 0 Å². The van der Waals surface area contributed by atoms with Crippen LogP contribution in [-0.4, -0.2) is 29.2 Å². The first-order chi connectivity index (χ1) is 8.49. The van der Waals surface area contributed by atoms with Crippen molar-refractivity contribution in [3.05, 3.63) is 23.8 Å². The van der Waals surface area contributed by atoms with Crippen molar-refractivity contribution < 1.29 is 9.59 Å². The van der Waals surface area contributed by atoms with Crippen molar-refractivity contribution >= 4 is 23.1 Å². The minimum absolute atomic E-state index is 0.0578. The number of carbonyl (C=O) groups is 2. The Morgan fingerprint density at radius 3 is 2.67 bits per heavy atom. The van der Waals surface area contributed by atoms with E-state index in [-0.39, 0.29) is 17.7 Å². The minimum Gasteiger partial charge on any atom is -0.397 e. The van der Waals surface area contributed by atoms with Crippen molar-refractivity contribution in [2.75, 3.05) is 18.0 Å². The lowest BCUT2D eigenvalue weighted by Crippen LogP contribution is -2.44. The molecule has 96 valence electrons. The lowest BCUT2D eigenvalue weighted by Gasteiger charge is -2.32. The molecular weight excluding hydrogens is 230 g/mol. The Bertz CT molecular complexity index is 499. The fourth-order valence-electron chi connectivity index (χ4n) is 2.18. The van der Waals surface area contributed by atoms with Crippen LogP contribution < -0.4 is 11.5 Å². The summed E-state index contributed by atoms with van der Waals surface area (Å²) in [5.74, 6) is 0.116. The highest BCUT2D eigenvalue weighted by molar-refractivity contribution is 5.97. The highest BCUT2D eigenvalue weighted by Gasteiger charge is 2.28. The first-order valence-corrected chi connectivity index (χ1v) is 5.96. The van der Waals surface area contributed by atoms with Crippen molar-refractivity contribution in [1.82, 2.24) is 4.90 Å². The monoisotopic (exact) mass is 247 g/mol. The predicted molar refractivity (Wildman–Crippen MR) is 70.0 cm³/mol. The number of benzene rings is 1. The number of ketones is 1. The Morgan fingerprint density at radius 2 is 2.06 bits per heavy atom. The second-order valence-corrected chi connectivity index (χ2v) is 4.68. The van der Waals surface area contributed by atoms with Crippen LogP contribution in [0.3, 0.4) is 0 Å². The van der Waals surface area contributed by atoms with Crippen molar-refractivity contribution in [2.45, 2.75) is 25.8 Å². The highest BCUT2D eigenvalue weighted by Crippen LogP contribution is 2.21. The van der Waals surface area contributed by atoms with Gasteiger partial charge < -0.3 is 16.4 Å². The zero-order chi connectivity index (χ0) is 13.3. The third-order valence-electron chi connectivity index (χ3n) is 3.28. The first kappa shape index (κ1) is 12.4. The van der Waals surface area contributed by atoms with Crippen molar-refractivity contribution in [3.8, 4) is 0 Å². The zero-order valence-corrected chi connectivity index (χ0v) is 10.3. The number of nitrogen functional groups attached to an aromatic ring is 2. The van der Waals surface area contributed by atoms with E-state index in [4.69, 9.17) is 11.5 Å². The van der Waals surface area contributed by atoms with Crippen molar-refractivity contribution in [1.29, 1.82) is 0 Å². The summed E-state index contributed by atoms with van der Waals surface area (Å²) in [7, 11) is 0. The number of anilines is 2. The molecule has 5 nitrogen and oxygen atoms in total. The largest absolute Gasteiger partial charge is 0.397 e. The van der Waals surface area contributed by atoms with E-state index in [0.29, 0.717) is 36.3 Å². The molecule has 2 rings (SSSR count). The van der Waals surface area contributed by atoms with Gasteiger partial charge >= 0.3 is 0 Å². The maximum absolute atomic E-state index is 12.3. The molecule has 1 saturated heterocycles. The van der Waals surface area contributed by atoms with E-state index in [0.717, 1.165) is 0 Å². The predicted octanol–water partition coefficient (Wildman–Crippen LogP) is 1.04. The van der Waals surface area contributed by atoms with E-state index >= 15 is 0 Å². The van der Waals surface area contributed by atoms with E-state index in [9.17, 15) is 9.59 Å². The number of likely N-dealkylation sites (tertiary alicyclic amines) is 1. The summed E-state index contributed by atoms with van der Waals surface area (Å²) in [6.45, 7) is 2.36. The topological polar surface area (TPSA) is 89.4 Å². The molecule has 0 spiro atoms. The molecule has 0 radical (unpaired) electrons. The molecule has 1 aromatic rings. The average molecular weight is 247 g/mol. The average Bonchev–Trinajstić information content (AvgIpc) is 2.32. The molecule has 0 saturated carbocycles. The molecule has 0 unspecified atom stereocenters. The van der Waals surface area contributed by atoms with E-state index in [1.165, 1.54) is 0 Å². The van der Waals surface area contributed by atoms with Crippen LogP contribution in [0.25, 0.3) is 0 Å². The third kappa shape index (κ3) is 2.30. The molecule has 0 aromatic heterocycles. The van der Waals surface area contributed by atoms with E-state index in [1.807, 2.05) is 6.92 Å². The van der Waals surface area contributed by atoms with Crippen LogP contribution >= 0.6 is 0 Å². The molecular formula is C13H17N3O2. The Kier molecular flexibility index (Phi) is 3.23. The zero-order valence-electron chi connectivity index (χ0n) is 10.3. The smallest absolute Gasteiger partial charge is 0.254 e. The number of nitrogens with zero attached hydrogens (tertiary/aromatic N) is 1. The van der Waals surface area contributed by atoms with E-state index < -0.39 is 0 Å². The van der Waals surface area contributed by atoms with Gasteiger partial charge in [-0.25, -0.2) is 0 Å². The highest BCUT2D eigenvalue weighted by atomic mass is 16.2. The molecule has 0 aliphatic carbocycles. The number of hydrogen-bond donors (Lipinski definition) is 2. The Labute approximate surface area is 106 Å². The number of hydrogen-bond acceptors (Lipinski definition) is 4. The van der Waals surface area contributed by atoms with Gasteiger partial charge in [-0.15, -0.1) is 0 Å². The number of nitrogens with two attached hydrogens (primary N) is 2. The molecule has 1 fully saturated rings. The Balaban J connectivity index is 2.20. The van der Waals surface area contributed by atoms with Gasteiger partial charge in [0, 0.05) is 31.0 Å². The van der Waals surface area contributed by atoms with E-state index in [2.05, 4.69) is 0 Å². The molecule has 4 N–H and O–H groups in total. The number of carbonyl (C=O) groups excluding carboxylic acids is 2. The Morgan fingerprint density at radius 1 is 1.33 bits per heavy atom. The van der Waals surface area contributed by atoms with Crippen LogP contribution in [0.15, 0.2) is 18.2 Å². The van der Waals surface area contributed by atoms with Crippen LogP contribution in [0.4, 0.5) is 11.4 Å². The summed E-state index contributed by atoms with van der Waals surface area (Å²) in [6, 6.07) is 4.82. The molecule has 18 heavy (non-hydrogen) atoms. The van der Waals surface area contributed by atoms with Gasteiger partial charge in [0.2, 0.25) is 0 Å². The Hall–Kier alpha value is -2.04. The van der Waals surface area contributed by atoms with Crippen molar-refractivity contribution in [2.24, 2.45) is 0 Å². The van der Waals surface area contributed by atoms with Crippen LogP contribution in [0.5, 0.6) is 0 Å². The summed E-state index contributed by atoms with van der Waals surface area (Å²) < 4.78 is 0. The quantitative estimate of drug-likeness (QED) is 0.726. The second-order valence-electron chi connectivity index (χ2n) is 4.68. The van der Waals surface area contributed by atoms with Gasteiger partial charge in [0.1, 0.15) is 5.78 Å². The fourth-order valence-corrected chi connectivity index (χ4v) is 2.18. The summed E-state index contributed by atoms with van der Waals surface area (Å²) in [4.78, 5) is 25.3. The van der Waals surface area contributed by atoms with Gasteiger partial charge in [-0.3, -0.25) is 9.59 Å². The second kappa shape index (κ2) is 4.68. The number of amides is 1. The normalized spacial score (nSPS) is 19.9. The standard InChI is InChI=1S/C13H17N3O2/c1-8-6-10(17)4-5-16(8)13(18)9-2-3-11(14)12(15)7-9/h2-3,7-8H,4-6,14-15H2,1H3/t8-/m1/s1. The number of Topliss-reactive ketones (excluding diaryl/α,β-unsaturated/α-hetero) is 1. The summed E-state index contributed by atoms with van der Waals surface area (Å²) in [5.41, 5.74) is 12.7. The first-order valence-electron chi connectivity index (χ1n) is 5.96. The van der Waals surface area contributed by atoms with E-state index in [1.54, 1.807) is 23.1 Å². The SMILES string of the molecule is C[C@@H]1CC(=O)CCN1C(=O)c1ccc(N)c(N)c1. The fraction of sp³-hybridized carbons (Fsp3) is 0.385. The van der Waals surface area contributed by atoms with Crippen LogP contribution in [0, 0.1) is 0 Å². The number of piperidine rings is 1. The molecule has 0 bridgehead atoms. The maximum Gasteiger partial charge on any atom is 0.254 e. The van der Waals surface area contributed by atoms with Gasteiger partial charge in [-0.2, -0.15) is 0 Å². The van der Waals surface area contributed by atoms with Crippen molar-refractivity contribution in [3.63, 3.8) is 0 Å². The van der Waals surface area contributed by atoms with Crippen LogP contribution in [0.1, 0.15) is 30.1 Å². The molecule has 1 aromatic carbocycles. The molecule has 1 aliphatic heterocycles. The summed E-state index contributed by atoms with van der Waals surface area (Å²) in [6.07, 6.45) is 0.858. The summed E-state index contributed by atoms with van der Waals surface area (Å²) >= 11 is 0. The summed E-state index contributed by atoms with van der Waals surface area (Å²) in [5, 5.41) is 0. The molecule has 1 aliphatic rings. The minimum atomic E-state index is -0.0956. The van der Waals surface area contributed by atoms with Crippen LogP contribution in [0.2, 0.25) is 0 Å². The van der Waals surface area contributed by atoms with Gasteiger partial charge in [0.25, 0.3) is 5.91 Å². The van der Waals surface area contributed by atoms with Crippen LogP contribution in [-0.2, 0) is 4.79 Å².